The second-order valence-electron chi connectivity index (χ2n) is 3.17. The van der Waals surface area contributed by atoms with Gasteiger partial charge in [-0.2, -0.15) is 17.0 Å². The van der Waals surface area contributed by atoms with Gasteiger partial charge in [-0.25, -0.2) is 0 Å². The summed E-state index contributed by atoms with van der Waals surface area (Å²) in [5.41, 5.74) is 1.04. The fourth-order valence-electron chi connectivity index (χ4n) is 1.19. The predicted octanol–water partition coefficient (Wildman–Crippen LogP) is 2.88. The highest BCUT2D eigenvalue weighted by atomic mass is 32.2. The molecule has 0 spiro atoms. The molecule has 0 bridgehead atoms. The van der Waals surface area contributed by atoms with Crippen molar-refractivity contribution in [3.63, 3.8) is 0 Å². The quantitative estimate of drug-likeness (QED) is 0.692. The second-order valence-corrected chi connectivity index (χ2v) is 4.16. The number of thioether (sulfide) groups is 1. The summed E-state index contributed by atoms with van der Waals surface area (Å²) in [6.07, 6.45) is 3.63. The van der Waals surface area contributed by atoms with Crippen molar-refractivity contribution in [2.45, 2.75) is 12.8 Å². The Morgan fingerprint density at radius 2 is 2.07 bits per heavy atom. The van der Waals surface area contributed by atoms with E-state index in [2.05, 4.69) is 12.3 Å². The number of nitrogens with zero attached hydrogens (tertiary/aromatic N) is 1. The number of hydrogen-bond donors (Lipinski definition) is 0. The van der Waals surface area contributed by atoms with Crippen LogP contribution in [0.15, 0.2) is 24.3 Å². The van der Waals surface area contributed by atoms with Crippen molar-refractivity contribution < 1.29 is 4.74 Å². The lowest BCUT2D eigenvalue weighted by molar-refractivity contribution is 0.318. The third-order valence-electron chi connectivity index (χ3n) is 1.97. The van der Waals surface area contributed by atoms with Crippen LogP contribution in [-0.4, -0.2) is 18.6 Å². The summed E-state index contributed by atoms with van der Waals surface area (Å²) in [5.74, 6) is 2.02. The molecule has 0 radical (unpaired) electrons. The van der Waals surface area contributed by atoms with Crippen LogP contribution in [0, 0.1) is 11.3 Å². The van der Waals surface area contributed by atoms with Crippen LogP contribution in [0.5, 0.6) is 5.75 Å². The van der Waals surface area contributed by atoms with E-state index in [1.807, 2.05) is 36.0 Å². The maximum Gasteiger partial charge on any atom is 0.119 e. The highest BCUT2D eigenvalue weighted by Gasteiger charge is 1.95. The Morgan fingerprint density at radius 1 is 1.33 bits per heavy atom. The SMILES string of the molecule is CSCCCOc1ccc(CC#N)cc1. The van der Waals surface area contributed by atoms with Gasteiger partial charge < -0.3 is 4.74 Å². The Balaban J connectivity index is 2.33. The van der Waals surface area contributed by atoms with E-state index in [0.29, 0.717) is 6.42 Å². The van der Waals surface area contributed by atoms with Gasteiger partial charge >= 0.3 is 0 Å². The van der Waals surface area contributed by atoms with Gasteiger partial charge in [-0.05, 0) is 36.1 Å². The summed E-state index contributed by atoms with van der Waals surface area (Å²) >= 11 is 1.83. The van der Waals surface area contributed by atoms with Crippen LogP contribution in [0.4, 0.5) is 0 Å². The molecule has 0 unspecified atom stereocenters. The van der Waals surface area contributed by atoms with Crippen LogP contribution in [0.2, 0.25) is 0 Å². The van der Waals surface area contributed by atoms with E-state index >= 15 is 0 Å². The van der Waals surface area contributed by atoms with Crippen LogP contribution >= 0.6 is 11.8 Å². The molecule has 0 heterocycles. The van der Waals surface area contributed by atoms with Crippen molar-refractivity contribution in [2.75, 3.05) is 18.6 Å². The van der Waals surface area contributed by atoms with Crippen LogP contribution in [-0.2, 0) is 6.42 Å². The lowest BCUT2D eigenvalue weighted by Crippen LogP contribution is -1.98. The molecule has 0 aliphatic carbocycles. The van der Waals surface area contributed by atoms with Gasteiger partial charge in [0.05, 0.1) is 19.1 Å². The Kier molecular flexibility index (Phi) is 5.72. The van der Waals surface area contributed by atoms with Gasteiger partial charge in [0.25, 0.3) is 0 Å². The first-order valence-electron chi connectivity index (χ1n) is 4.94. The van der Waals surface area contributed by atoms with Crippen LogP contribution in [0.25, 0.3) is 0 Å². The maximum atomic E-state index is 8.51. The Bertz CT molecular complexity index is 315. The Morgan fingerprint density at radius 3 is 2.67 bits per heavy atom. The van der Waals surface area contributed by atoms with Gasteiger partial charge in [-0.15, -0.1) is 0 Å². The zero-order valence-corrected chi connectivity index (χ0v) is 9.72. The number of rotatable bonds is 6. The third kappa shape index (κ3) is 4.75. The van der Waals surface area contributed by atoms with E-state index in [9.17, 15) is 0 Å². The largest absolute Gasteiger partial charge is 0.494 e. The molecular formula is C12H15NOS. The molecule has 1 aromatic carbocycles. The average Bonchev–Trinajstić information content (AvgIpc) is 2.27. The molecule has 0 saturated heterocycles. The lowest BCUT2D eigenvalue weighted by atomic mass is 10.2. The first-order valence-corrected chi connectivity index (χ1v) is 6.34. The van der Waals surface area contributed by atoms with Crippen molar-refractivity contribution in [1.29, 1.82) is 5.26 Å². The molecule has 0 N–H and O–H groups in total. The number of hydrogen-bond acceptors (Lipinski definition) is 3. The molecule has 15 heavy (non-hydrogen) atoms. The van der Waals surface area contributed by atoms with E-state index in [1.165, 1.54) is 0 Å². The molecule has 0 aliphatic heterocycles. The fourth-order valence-corrected chi connectivity index (χ4v) is 1.59. The van der Waals surface area contributed by atoms with Crippen LogP contribution < -0.4 is 4.74 Å². The third-order valence-corrected chi connectivity index (χ3v) is 2.66. The van der Waals surface area contributed by atoms with E-state index in [0.717, 1.165) is 30.1 Å². The molecule has 80 valence electrons. The van der Waals surface area contributed by atoms with Crippen molar-refractivity contribution in [1.82, 2.24) is 0 Å². The summed E-state index contributed by atoms with van der Waals surface area (Å²) < 4.78 is 5.54. The van der Waals surface area contributed by atoms with Crippen molar-refractivity contribution in [2.24, 2.45) is 0 Å². The predicted molar refractivity (Wildman–Crippen MR) is 64.3 cm³/mol. The molecule has 1 rings (SSSR count). The Labute approximate surface area is 95.3 Å². The summed E-state index contributed by atoms with van der Waals surface area (Å²) in [5, 5.41) is 8.51. The smallest absolute Gasteiger partial charge is 0.119 e. The molecule has 0 aliphatic rings. The van der Waals surface area contributed by atoms with Crippen LogP contribution in [0.3, 0.4) is 0 Å². The summed E-state index contributed by atoms with van der Waals surface area (Å²) in [4.78, 5) is 0. The molecule has 2 nitrogen and oxygen atoms in total. The highest BCUT2D eigenvalue weighted by Crippen LogP contribution is 2.12. The van der Waals surface area contributed by atoms with Crippen molar-refractivity contribution >= 4 is 11.8 Å². The average molecular weight is 221 g/mol. The maximum absolute atomic E-state index is 8.51. The van der Waals surface area contributed by atoms with E-state index in [4.69, 9.17) is 10.00 Å². The van der Waals surface area contributed by atoms with Gasteiger partial charge in [0, 0.05) is 0 Å². The second kappa shape index (κ2) is 7.19. The molecule has 0 aromatic heterocycles. The van der Waals surface area contributed by atoms with E-state index in [-0.39, 0.29) is 0 Å². The molecular weight excluding hydrogens is 206 g/mol. The van der Waals surface area contributed by atoms with Crippen LogP contribution in [0.1, 0.15) is 12.0 Å². The van der Waals surface area contributed by atoms with Crippen molar-refractivity contribution in [3.05, 3.63) is 29.8 Å². The standard InChI is InChI=1S/C12H15NOS/c1-15-10-2-9-14-12-5-3-11(4-6-12)7-8-13/h3-6H,2,7,9-10H2,1H3. The lowest BCUT2D eigenvalue weighted by Gasteiger charge is -2.05. The topological polar surface area (TPSA) is 33.0 Å². The monoisotopic (exact) mass is 221 g/mol. The number of benzene rings is 1. The molecule has 0 atom stereocenters. The first kappa shape index (κ1) is 11.9. The van der Waals surface area contributed by atoms with E-state index < -0.39 is 0 Å². The van der Waals surface area contributed by atoms with Gasteiger partial charge in [-0.3, -0.25) is 0 Å². The zero-order valence-electron chi connectivity index (χ0n) is 8.90. The molecule has 3 heteroatoms. The van der Waals surface area contributed by atoms with Gasteiger partial charge in [0.1, 0.15) is 5.75 Å². The molecule has 1 aromatic rings. The summed E-state index contributed by atoms with van der Waals surface area (Å²) in [7, 11) is 0. The van der Waals surface area contributed by atoms with Gasteiger partial charge in [0.2, 0.25) is 0 Å². The Hall–Kier alpha value is -1.14. The fraction of sp³-hybridized carbons (Fsp3) is 0.417. The van der Waals surface area contributed by atoms with Gasteiger partial charge in [0.15, 0.2) is 0 Å². The van der Waals surface area contributed by atoms with E-state index in [1.54, 1.807) is 0 Å². The molecule has 0 amide bonds. The summed E-state index contributed by atoms with van der Waals surface area (Å²) in [6.45, 7) is 0.762. The minimum absolute atomic E-state index is 0.465. The van der Waals surface area contributed by atoms with Gasteiger partial charge in [-0.1, -0.05) is 12.1 Å². The molecule has 0 fully saturated rings. The first-order chi connectivity index (χ1) is 7.36. The zero-order chi connectivity index (χ0) is 10.9. The number of nitriles is 1. The highest BCUT2D eigenvalue weighted by molar-refractivity contribution is 7.98. The van der Waals surface area contributed by atoms with Crippen molar-refractivity contribution in [3.8, 4) is 11.8 Å². The minimum Gasteiger partial charge on any atom is -0.494 e. The molecule has 0 saturated carbocycles. The minimum atomic E-state index is 0.465. The normalized spacial score (nSPS) is 9.60. The summed E-state index contributed by atoms with van der Waals surface area (Å²) in [6, 6.07) is 9.84. The number of ether oxygens (including phenoxy) is 1.